The number of urea groups is 1. The van der Waals surface area contributed by atoms with Gasteiger partial charge >= 0.3 is 18.4 Å². The standard InChI is InChI=1S/C31H38F7N3O2S/c1-8-11-29(39-44(43)28(4,5)6)12-13-41(26(18-29)25-10-9-24(32)14-19(25)2)27(42)40(7)20(3)21-15-22(30(33,34)35)17-23(16-21)31(36,37)38/h8-10,14-17,20,26,39H,1,11-13,18H2,2-7H3/t20-,26?,29?,44?/m1/s1. The van der Waals surface area contributed by atoms with Crippen molar-refractivity contribution in [3.63, 3.8) is 0 Å². The van der Waals surface area contributed by atoms with Gasteiger partial charge in [0.05, 0.1) is 28.7 Å². The number of carbonyl (C=O) groups is 1. The van der Waals surface area contributed by atoms with E-state index < -0.39 is 69.1 Å². The van der Waals surface area contributed by atoms with Crippen LogP contribution in [0, 0.1) is 12.7 Å². The number of nitrogens with one attached hydrogen (secondary N) is 1. The van der Waals surface area contributed by atoms with Crippen LogP contribution in [0.15, 0.2) is 49.1 Å². The van der Waals surface area contributed by atoms with Gasteiger partial charge in [-0.1, -0.05) is 12.1 Å². The van der Waals surface area contributed by atoms with Gasteiger partial charge in [-0.2, -0.15) is 26.3 Å². The van der Waals surface area contributed by atoms with Crippen LogP contribution in [-0.2, 0) is 23.7 Å². The Labute approximate surface area is 256 Å². The van der Waals surface area contributed by atoms with E-state index in [1.807, 2.05) is 20.8 Å². The van der Waals surface area contributed by atoms with Crippen molar-refractivity contribution in [2.45, 2.75) is 88.6 Å². The first-order valence-corrected chi connectivity index (χ1v) is 15.1. The molecule has 1 N–H and O–H groups in total. The molecule has 1 aliphatic heterocycles. The maximum absolute atomic E-state index is 14.1. The molecule has 1 fully saturated rings. The van der Waals surface area contributed by atoms with Gasteiger partial charge in [0.1, 0.15) is 10.6 Å². The second-order valence-corrected chi connectivity index (χ2v) is 14.3. The van der Waals surface area contributed by atoms with Gasteiger partial charge in [0.15, 0.2) is 0 Å². The van der Waals surface area contributed by atoms with E-state index in [4.69, 9.17) is 0 Å². The van der Waals surface area contributed by atoms with Crippen molar-refractivity contribution in [1.82, 2.24) is 14.5 Å². The van der Waals surface area contributed by atoms with Crippen LogP contribution in [0.1, 0.15) is 86.9 Å². The molecule has 3 unspecified atom stereocenters. The van der Waals surface area contributed by atoms with Gasteiger partial charge in [0, 0.05) is 25.0 Å². The number of alkyl halides is 6. The van der Waals surface area contributed by atoms with Crippen LogP contribution in [0.2, 0.25) is 0 Å². The predicted molar refractivity (Wildman–Crippen MR) is 156 cm³/mol. The third-order valence-electron chi connectivity index (χ3n) is 8.00. The summed E-state index contributed by atoms with van der Waals surface area (Å²) < 4.78 is 111. The lowest BCUT2D eigenvalue weighted by atomic mass is 9.78. The minimum atomic E-state index is -5.04. The Morgan fingerprint density at radius 3 is 2.18 bits per heavy atom. The van der Waals surface area contributed by atoms with Gasteiger partial charge in [-0.05, 0) is 101 Å². The number of piperidine rings is 1. The summed E-state index contributed by atoms with van der Waals surface area (Å²) in [5, 5.41) is 0. The second kappa shape index (κ2) is 12.9. The maximum Gasteiger partial charge on any atom is 0.416 e. The largest absolute Gasteiger partial charge is 0.598 e. The monoisotopic (exact) mass is 649 g/mol. The molecule has 0 radical (unpaired) electrons. The molecule has 1 aliphatic rings. The number of hydrogen-bond acceptors (Lipinski definition) is 3. The third kappa shape index (κ3) is 8.08. The van der Waals surface area contributed by atoms with E-state index in [0.29, 0.717) is 36.1 Å². The van der Waals surface area contributed by atoms with E-state index in [1.54, 1.807) is 19.1 Å². The predicted octanol–water partition coefficient (Wildman–Crippen LogP) is 8.49. The topological polar surface area (TPSA) is 58.6 Å². The Hall–Kier alpha value is -2.77. The first-order valence-electron chi connectivity index (χ1n) is 14.0. The van der Waals surface area contributed by atoms with Gasteiger partial charge < -0.3 is 14.4 Å². The number of benzene rings is 2. The SMILES string of the molecule is C=CCC1(N[S+]([O-])C(C)(C)C)CCN(C(=O)N(C)[C@H](C)c2cc(C(F)(F)F)cc(C(F)(F)F)c2)C(c2ccc(F)cc2C)C1. The third-order valence-corrected chi connectivity index (χ3v) is 9.73. The van der Waals surface area contributed by atoms with Gasteiger partial charge in [0.25, 0.3) is 0 Å². The van der Waals surface area contributed by atoms with Gasteiger partial charge in [-0.15, -0.1) is 11.3 Å². The number of carbonyl (C=O) groups excluding carboxylic acids is 1. The van der Waals surface area contributed by atoms with E-state index in [9.17, 15) is 40.1 Å². The molecule has 2 amide bonds. The highest BCUT2D eigenvalue weighted by Gasteiger charge is 2.47. The summed E-state index contributed by atoms with van der Waals surface area (Å²) in [6.07, 6.45) is -7.43. The van der Waals surface area contributed by atoms with Crippen molar-refractivity contribution < 1.29 is 40.1 Å². The highest BCUT2D eigenvalue weighted by Crippen LogP contribution is 2.43. The lowest BCUT2D eigenvalue weighted by Gasteiger charge is -2.48. The molecule has 244 valence electrons. The van der Waals surface area contributed by atoms with Crippen LogP contribution < -0.4 is 4.72 Å². The molecular weight excluding hydrogens is 611 g/mol. The molecule has 0 saturated carbocycles. The lowest BCUT2D eigenvalue weighted by molar-refractivity contribution is -0.143. The van der Waals surface area contributed by atoms with E-state index in [1.165, 1.54) is 31.0 Å². The first-order chi connectivity index (χ1) is 20.1. The van der Waals surface area contributed by atoms with E-state index in [-0.39, 0.29) is 24.6 Å². The number of halogens is 7. The summed E-state index contributed by atoms with van der Waals surface area (Å²) in [7, 11) is 1.31. The minimum Gasteiger partial charge on any atom is -0.598 e. The fraction of sp³-hybridized carbons (Fsp3) is 0.516. The van der Waals surface area contributed by atoms with Crippen LogP contribution in [0.4, 0.5) is 35.5 Å². The molecule has 0 bridgehead atoms. The Bertz CT molecular complexity index is 1330. The zero-order valence-corrected chi connectivity index (χ0v) is 26.3. The summed E-state index contributed by atoms with van der Waals surface area (Å²) in [5.74, 6) is -0.486. The number of aryl methyl sites for hydroxylation is 1. The van der Waals surface area contributed by atoms with Gasteiger partial charge in [-0.3, -0.25) is 0 Å². The summed E-state index contributed by atoms with van der Waals surface area (Å²) in [4.78, 5) is 16.6. The Kier molecular flexibility index (Phi) is 10.5. The number of nitrogens with zero attached hydrogens (tertiary/aromatic N) is 2. The smallest absolute Gasteiger partial charge is 0.416 e. The van der Waals surface area contributed by atoms with Crippen molar-refractivity contribution in [3.05, 3.63) is 82.7 Å². The number of hydrogen-bond donors (Lipinski definition) is 1. The Morgan fingerprint density at radius 2 is 1.70 bits per heavy atom. The van der Waals surface area contributed by atoms with Crippen LogP contribution >= 0.6 is 0 Å². The zero-order chi connectivity index (χ0) is 33.4. The maximum atomic E-state index is 14.1. The number of rotatable bonds is 7. The van der Waals surface area contributed by atoms with Crippen LogP contribution in [0.5, 0.6) is 0 Å². The van der Waals surface area contributed by atoms with Crippen molar-refractivity contribution in [1.29, 1.82) is 0 Å². The highest BCUT2D eigenvalue weighted by molar-refractivity contribution is 7.90. The number of amides is 2. The molecule has 2 aromatic rings. The zero-order valence-electron chi connectivity index (χ0n) is 25.5. The van der Waals surface area contributed by atoms with Crippen molar-refractivity contribution >= 4 is 17.4 Å². The second-order valence-electron chi connectivity index (χ2n) is 12.3. The average molecular weight is 650 g/mol. The van der Waals surface area contributed by atoms with Gasteiger partial charge in [0.2, 0.25) is 0 Å². The van der Waals surface area contributed by atoms with E-state index in [0.717, 1.165) is 4.90 Å². The summed E-state index contributed by atoms with van der Waals surface area (Å²) in [6, 6.07) is 2.89. The minimum absolute atomic E-state index is 0.0454. The Morgan fingerprint density at radius 1 is 1.14 bits per heavy atom. The van der Waals surface area contributed by atoms with Crippen molar-refractivity contribution in [2.24, 2.45) is 0 Å². The van der Waals surface area contributed by atoms with E-state index in [2.05, 4.69) is 11.3 Å². The molecule has 13 heteroatoms. The quantitative estimate of drug-likeness (QED) is 0.186. The molecule has 1 heterocycles. The first kappa shape index (κ1) is 35.7. The summed E-state index contributed by atoms with van der Waals surface area (Å²) in [5.41, 5.74) is -2.90. The normalized spacial score (nSPS) is 21.1. The summed E-state index contributed by atoms with van der Waals surface area (Å²) in [6.45, 7) is 12.4. The fourth-order valence-electron chi connectivity index (χ4n) is 5.35. The van der Waals surface area contributed by atoms with Crippen LogP contribution in [0.3, 0.4) is 0 Å². The molecule has 0 aliphatic carbocycles. The molecule has 2 aromatic carbocycles. The summed E-state index contributed by atoms with van der Waals surface area (Å²) >= 11 is -1.49. The van der Waals surface area contributed by atoms with Gasteiger partial charge in [-0.25, -0.2) is 9.18 Å². The fourth-order valence-corrected chi connectivity index (χ4v) is 6.32. The number of likely N-dealkylation sites (tertiary alicyclic amines) is 1. The van der Waals surface area contributed by atoms with E-state index >= 15 is 0 Å². The highest BCUT2D eigenvalue weighted by atomic mass is 32.2. The molecule has 3 rings (SSSR count). The molecule has 4 atom stereocenters. The molecule has 44 heavy (non-hydrogen) atoms. The molecule has 0 aromatic heterocycles. The van der Waals surface area contributed by atoms with Crippen molar-refractivity contribution in [3.8, 4) is 0 Å². The lowest BCUT2D eigenvalue weighted by Crippen LogP contribution is -2.60. The molecular formula is C31H38F7N3O2S. The molecule has 1 saturated heterocycles. The van der Waals surface area contributed by atoms with Crippen LogP contribution in [0.25, 0.3) is 0 Å². The molecule has 5 nitrogen and oxygen atoms in total. The average Bonchev–Trinajstić information content (AvgIpc) is 2.90. The van der Waals surface area contributed by atoms with Crippen molar-refractivity contribution in [2.75, 3.05) is 13.6 Å². The van der Waals surface area contributed by atoms with Crippen LogP contribution in [-0.4, -0.2) is 44.3 Å². The Balaban J connectivity index is 2.05. The molecule has 0 spiro atoms.